The first-order valence-corrected chi connectivity index (χ1v) is 8.15. The summed E-state index contributed by atoms with van der Waals surface area (Å²) in [6, 6.07) is 0.892. The summed E-state index contributed by atoms with van der Waals surface area (Å²) < 4.78 is 5.00. The SMILES string of the molecule is CCC(C)N1CCN(CC(C)(NC(C)C)C(=O)OC)CC1. The fraction of sp³-hybridized carbons (Fsp3) is 0.938. The third-order valence-electron chi connectivity index (χ3n) is 4.40. The summed E-state index contributed by atoms with van der Waals surface area (Å²) in [5, 5.41) is 3.37. The van der Waals surface area contributed by atoms with Crippen LogP contribution in [-0.2, 0) is 9.53 Å². The van der Waals surface area contributed by atoms with Crippen LogP contribution in [0.1, 0.15) is 41.0 Å². The molecule has 5 heteroatoms. The molecule has 0 radical (unpaired) electrons. The Hall–Kier alpha value is -0.650. The normalized spacial score (nSPS) is 22.0. The van der Waals surface area contributed by atoms with Crippen molar-refractivity contribution in [3.63, 3.8) is 0 Å². The second-order valence-electron chi connectivity index (χ2n) is 6.69. The first-order valence-electron chi connectivity index (χ1n) is 8.15. The van der Waals surface area contributed by atoms with E-state index in [-0.39, 0.29) is 12.0 Å². The smallest absolute Gasteiger partial charge is 0.327 e. The molecule has 1 N–H and O–H groups in total. The highest BCUT2D eigenvalue weighted by Crippen LogP contribution is 2.14. The molecule has 1 aliphatic heterocycles. The number of carbonyl (C=O) groups is 1. The summed E-state index contributed by atoms with van der Waals surface area (Å²) in [6.07, 6.45) is 1.19. The first-order chi connectivity index (χ1) is 9.82. The molecule has 1 rings (SSSR count). The van der Waals surface area contributed by atoms with Gasteiger partial charge in [-0.05, 0) is 34.1 Å². The van der Waals surface area contributed by atoms with Gasteiger partial charge in [0.1, 0.15) is 5.54 Å². The molecular weight excluding hydrogens is 266 g/mol. The minimum absolute atomic E-state index is 0.180. The lowest BCUT2D eigenvalue weighted by molar-refractivity contribution is -0.149. The zero-order chi connectivity index (χ0) is 16.0. The lowest BCUT2D eigenvalue weighted by Crippen LogP contribution is -2.61. The van der Waals surface area contributed by atoms with Crippen molar-refractivity contribution in [3.05, 3.63) is 0 Å². The van der Waals surface area contributed by atoms with Gasteiger partial charge in [-0.25, -0.2) is 0 Å². The van der Waals surface area contributed by atoms with Crippen LogP contribution in [0.4, 0.5) is 0 Å². The van der Waals surface area contributed by atoms with Gasteiger partial charge in [-0.3, -0.25) is 19.9 Å². The molecule has 0 aromatic heterocycles. The summed E-state index contributed by atoms with van der Waals surface area (Å²) in [5.74, 6) is -0.180. The predicted molar refractivity (Wildman–Crippen MR) is 86.5 cm³/mol. The Morgan fingerprint density at radius 1 is 1.24 bits per heavy atom. The average Bonchev–Trinajstić information content (AvgIpc) is 2.45. The molecule has 2 atom stereocenters. The van der Waals surface area contributed by atoms with Gasteiger partial charge in [0.15, 0.2) is 0 Å². The molecule has 0 amide bonds. The van der Waals surface area contributed by atoms with Crippen LogP contribution in [0.25, 0.3) is 0 Å². The van der Waals surface area contributed by atoms with Crippen LogP contribution >= 0.6 is 0 Å². The first kappa shape index (κ1) is 18.4. The summed E-state index contributed by atoms with van der Waals surface area (Å²) in [7, 11) is 1.46. The van der Waals surface area contributed by atoms with Gasteiger partial charge >= 0.3 is 5.97 Å². The molecule has 124 valence electrons. The van der Waals surface area contributed by atoms with E-state index >= 15 is 0 Å². The number of hydrogen-bond donors (Lipinski definition) is 1. The van der Waals surface area contributed by atoms with E-state index in [0.717, 1.165) is 26.2 Å². The van der Waals surface area contributed by atoms with Gasteiger partial charge in [-0.15, -0.1) is 0 Å². The number of rotatable bonds is 7. The van der Waals surface area contributed by atoms with Crippen molar-refractivity contribution in [2.45, 2.75) is 58.7 Å². The molecule has 0 aromatic carbocycles. The monoisotopic (exact) mass is 299 g/mol. The second-order valence-corrected chi connectivity index (χ2v) is 6.69. The number of methoxy groups -OCH3 is 1. The summed E-state index contributed by atoms with van der Waals surface area (Å²) in [4.78, 5) is 17.0. The quantitative estimate of drug-likeness (QED) is 0.719. The van der Waals surface area contributed by atoms with Gasteiger partial charge in [0.05, 0.1) is 7.11 Å². The van der Waals surface area contributed by atoms with Crippen LogP contribution in [0.15, 0.2) is 0 Å². The molecule has 1 fully saturated rings. The van der Waals surface area contributed by atoms with Gasteiger partial charge in [0.25, 0.3) is 0 Å². The number of carbonyl (C=O) groups excluding carboxylic acids is 1. The number of ether oxygens (including phenoxy) is 1. The summed E-state index contributed by atoms with van der Waals surface area (Å²) in [6.45, 7) is 15.5. The maximum Gasteiger partial charge on any atom is 0.327 e. The molecule has 0 spiro atoms. The Bertz CT molecular complexity index is 327. The van der Waals surface area contributed by atoms with Crippen molar-refractivity contribution in [3.8, 4) is 0 Å². The van der Waals surface area contributed by atoms with E-state index < -0.39 is 5.54 Å². The minimum Gasteiger partial charge on any atom is -0.468 e. The van der Waals surface area contributed by atoms with E-state index in [1.165, 1.54) is 13.5 Å². The molecule has 0 saturated carbocycles. The van der Waals surface area contributed by atoms with Gasteiger partial charge in [0, 0.05) is 44.8 Å². The molecular formula is C16H33N3O2. The van der Waals surface area contributed by atoms with Crippen molar-refractivity contribution < 1.29 is 9.53 Å². The van der Waals surface area contributed by atoms with Crippen LogP contribution < -0.4 is 5.32 Å². The third-order valence-corrected chi connectivity index (χ3v) is 4.40. The highest BCUT2D eigenvalue weighted by atomic mass is 16.5. The van der Waals surface area contributed by atoms with E-state index in [4.69, 9.17) is 4.74 Å². The molecule has 1 heterocycles. The molecule has 1 aliphatic rings. The third kappa shape index (κ3) is 5.24. The van der Waals surface area contributed by atoms with Crippen LogP contribution in [0, 0.1) is 0 Å². The second kappa shape index (κ2) is 8.11. The van der Waals surface area contributed by atoms with Gasteiger partial charge < -0.3 is 4.74 Å². The Kier molecular flexibility index (Phi) is 7.10. The summed E-state index contributed by atoms with van der Waals surface area (Å²) >= 11 is 0. The molecule has 21 heavy (non-hydrogen) atoms. The van der Waals surface area contributed by atoms with Crippen molar-refractivity contribution in [1.82, 2.24) is 15.1 Å². The van der Waals surface area contributed by atoms with Crippen molar-refractivity contribution in [1.29, 1.82) is 0 Å². The number of nitrogens with one attached hydrogen (secondary N) is 1. The fourth-order valence-electron chi connectivity index (χ4n) is 3.10. The number of piperazine rings is 1. The van der Waals surface area contributed by atoms with E-state index in [1.54, 1.807) is 0 Å². The maximum absolute atomic E-state index is 12.1. The Morgan fingerprint density at radius 2 is 1.81 bits per heavy atom. The Morgan fingerprint density at radius 3 is 2.24 bits per heavy atom. The van der Waals surface area contributed by atoms with Crippen molar-refractivity contribution in [2.75, 3.05) is 39.8 Å². The lowest BCUT2D eigenvalue weighted by Gasteiger charge is -2.41. The zero-order valence-electron chi connectivity index (χ0n) is 14.6. The van der Waals surface area contributed by atoms with Gasteiger partial charge in [0.2, 0.25) is 0 Å². The standard InChI is InChI=1S/C16H33N3O2/c1-7-14(4)19-10-8-18(9-11-19)12-16(5,15(20)21-6)17-13(2)3/h13-14,17H,7-12H2,1-6H3. The topological polar surface area (TPSA) is 44.8 Å². The number of esters is 1. The molecule has 2 unspecified atom stereocenters. The van der Waals surface area contributed by atoms with E-state index in [9.17, 15) is 4.79 Å². The van der Waals surface area contributed by atoms with Gasteiger partial charge in [-0.1, -0.05) is 6.92 Å². The molecule has 5 nitrogen and oxygen atoms in total. The van der Waals surface area contributed by atoms with E-state index in [1.807, 2.05) is 6.92 Å². The number of nitrogens with zero attached hydrogens (tertiary/aromatic N) is 2. The highest BCUT2D eigenvalue weighted by Gasteiger charge is 2.37. The Labute approximate surface area is 130 Å². The van der Waals surface area contributed by atoms with Crippen LogP contribution in [-0.4, -0.2) is 73.2 Å². The fourth-order valence-corrected chi connectivity index (χ4v) is 3.10. The number of hydrogen-bond acceptors (Lipinski definition) is 5. The van der Waals surface area contributed by atoms with Gasteiger partial charge in [-0.2, -0.15) is 0 Å². The van der Waals surface area contributed by atoms with Crippen LogP contribution in [0.3, 0.4) is 0 Å². The minimum atomic E-state index is -0.637. The zero-order valence-corrected chi connectivity index (χ0v) is 14.6. The van der Waals surface area contributed by atoms with E-state index in [2.05, 4.69) is 42.8 Å². The van der Waals surface area contributed by atoms with Crippen molar-refractivity contribution in [2.24, 2.45) is 0 Å². The maximum atomic E-state index is 12.1. The largest absolute Gasteiger partial charge is 0.468 e. The molecule has 1 saturated heterocycles. The molecule has 0 bridgehead atoms. The van der Waals surface area contributed by atoms with Crippen LogP contribution in [0.2, 0.25) is 0 Å². The van der Waals surface area contributed by atoms with E-state index in [0.29, 0.717) is 12.6 Å². The van der Waals surface area contributed by atoms with Crippen LogP contribution in [0.5, 0.6) is 0 Å². The predicted octanol–water partition coefficient (Wildman–Crippen LogP) is 1.33. The summed E-state index contributed by atoms with van der Waals surface area (Å²) in [5.41, 5.74) is -0.637. The molecule has 0 aliphatic carbocycles. The average molecular weight is 299 g/mol. The van der Waals surface area contributed by atoms with Crippen molar-refractivity contribution >= 4 is 5.97 Å². The highest BCUT2D eigenvalue weighted by molar-refractivity contribution is 5.80. The molecule has 0 aromatic rings. The Balaban J connectivity index is 2.59. The lowest BCUT2D eigenvalue weighted by atomic mass is 9.99.